The molecule has 1 aromatic carbocycles. The van der Waals surface area contributed by atoms with Crippen LogP contribution in [0.15, 0.2) is 47.7 Å². The molecule has 2 aromatic heterocycles. The molecule has 1 fully saturated rings. The fraction of sp³-hybridized carbons (Fsp3) is 0.286. The number of hydrogen-bond acceptors (Lipinski definition) is 5. The van der Waals surface area contributed by atoms with Crippen molar-refractivity contribution in [1.82, 2.24) is 14.3 Å². The lowest BCUT2D eigenvalue weighted by molar-refractivity contribution is 0.0341. The normalized spacial score (nSPS) is 16.6. The molecule has 0 unspecified atom stereocenters. The number of pyridine rings is 1. The molecule has 2 aliphatic heterocycles. The van der Waals surface area contributed by atoms with Gasteiger partial charge in [0, 0.05) is 43.8 Å². The zero-order chi connectivity index (χ0) is 18.9. The third-order valence-electron chi connectivity index (χ3n) is 5.06. The SMILES string of the molecule is O=C1N=Cc2c(OCc3cn4cc(CN5CCOCC5)ccc4n3)cccc21. The Morgan fingerprint density at radius 2 is 2.00 bits per heavy atom. The van der Waals surface area contributed by atoms with Crippen molar-refractivity contribution in [3.05, 3.63) is 65.1 Å². The molecule has 0 saturated carbocycles. The Hall–Kier alpha value is -3.03. The summed E-state index contributed by atoms with van der Waals surface area (Å²) in [5.41, 5.74) is 4.29. The van der Waals surface area contributed by atoms with E-state index in [9.17, 15) is 4.79 Å². The first-order valence-corrected chi connectivity index (χ1v) is 9.37. The van der Waals surface area contributed by atoms with Gasteiger partial charge in [0.1, 0.15) is 18.0 Å². The van der Waals surface area contributed by atoms with Gasteiger partial charge < -0.3 is 13.9 Å². The van der Waals surface area contributed by atoms with Gasteiger partial charge in [0.25, 0.3) is 5.91 Å². The second-order valence-corrected chi connectivity index (χ2v) is 6.99. The van der Waals surface area contributed by atoms with Crippen LogP contribution in [0.1, 0.15) is 27.2 Å². The fourth-order valence-electron chi connectivity index (χ4n) is 3.60. The minimum Gasteiger partial charge on any atom is -0.487 e. The van der Waals surface area contributed by atoms with E-state index in [2.05, 4.69) is 27.1 Å². The lowest BCUT2D eigenvalue weighted by Gasteiger charge is -2.26. The summed E-state index contributed by atoms with van der Waals surface area (Å²) in [6.45, 7) is 4.77. The number of carbonyl (C=O) groups excluding carboxylic acids is 1. The molecule has 0 bridgehead atoms. The van der Waals surface area contributed by atoms with Gasteiger partial charge in [-0.15, -0.1) is 0 Å². The van der Waals surface area contributed by atoms with E-state index in [-0.39, 0.29) is 5.91 Å². The van der Waals surface area contributed by atoms with Crippen LogP contribution in [0.5, 0.6) is 5.75 Å². The van der Waals surface area contributed by atoms with Crippen molar-refractivity contribution in [2.45, 2.75) is 13.2 Å². The van der Waals surface area contributed by atoms with Crippen molar-refractivity contribution in [3.63, 3.8) is 0 Å². The highest BCUT2D eigenvalue weighted by atomic mass is 16.5. The van der Waals surface area contributed by atoms with Crippen molar-refractivity contribution < 1.29 is 14.3 Å². The molecule has 0 radical (unpaired) electrons. The van der Waals surface area contributed by atoms with Crippen molar-refractivity contribution >= 4 is 17.8 Å². The Balaban J connectivity index is 1.30. The van der Waals surface area contributed by atoms with E-state index in [0.29, 0.717) is 17.9 Å². The van der Waals surface area contributed by atoms with Crippen molar-refractivity contribution in [2.75, 3.05) is 26.3 Å². The Kier molecular flexibility index (Phi) is 4.38. The van der Waals surface area contributed by atoms with Gasteiger partial charge in [0.15, 0.2) is 0 Å². The molecular weight excluding hydrogens is 356 g/mol. The Bertz CT molecular complexity index is 1070. The highest BCUT2D eigenvalue weighted by Gasteiger charge is 2.19. The Labute approximate surface area is 162 Å². The number of nitrogens with zero attached hydrogens (tertiary/aromatic N) is 4. The molecule has 0 N–H and O–H groups in total. The van der Waals surface area contributed by atoms with Crippen molar-refractivity contribution in [1.29, 1.82) is 0 Å². The van der Waals surface area contributed by atoms with E-state index >= 15 is 0 Å². The number of hydrogen-bond donors (Lipinski definition) is 0. The van der Waals surface area contributed by atoms with Crippen LogP contribution in [-0.4, -0.2) is 52.7 Å². The molecule has 3 aromatic rings. The molecule has 28 heavy (non-hydrogen) atoms. The molecule has 7 nitrogen and oxygen atoms in total. The molecule has 2 aliphatic rings. The highest BCUT2D eigenvalue weighted by Crippen LogP contribution is 2.25. The monoisotopic (exact) mass is 376 g/mol. The van der Waals surface area contributed by atoms with Crippen LogP contribution in [0.2, 0.25) is 0 Å². The average Bonchev–Trinajstić information content (AvgIpc) is 3.30. The summed E-state index contributed by atoms with van der Waals surface area (Å²) in [5.74, 6) is 0.429. The van der Waals surface area contributed by atoms with Crippen LogP contribution in [0, 0.1) is 0 Å². The number of morpholine rings is 1. The molecule has 0 atom stereocenters. The zero-order valence-corrected chi connectivity index (χ0v) is 15.4. The zero-order valence-electron chi connectivity index (χ0n) is 15.4. The quantitative estimate of drug-likeness (QED) is 0.684. The lowest BCUT2D eigenvalue weighted by Crippen LogP contribution is -2.35. The van der Waals surface area contributed by atoms with Crippen LogP contribution >= 0.6 is 0 Å². The van der Waals surface area contributed by atoms with Crippen LogP contribution in [-0.2, 0) is 17.9 Å². The van der Waals surface area contributed by atoms with E-state index in [1.807, 2.05) is 28.8 Å². The maximum Gasteiger partial charge on any atom is 0.277 e. The van der Waals surface area contributed by atoms with Gasteiger partial charge in [-0.3, -0.25) is 9.69 Å². The Morgan fingerprint density at radius 3 is 2.89 bits per heavy atom. The smallest absolute Gasteiger partial charge is 0.277 e. The molecule has 0 aliphatic carbocycles. The number of amides is 1. The molecule has 142 valence electrons. The summed E-state index contributed by atoms with van der Waals surface area (Å²) in [7, 11) is 0. The minimum absolute atomic E-state index is 0.221. The number of fused-ring (bicyclic) bond motifs is 2. The van der Waals surface area contributed by atoms with Crippen LogP contribution in [0.3, 0.4) is 0 Å². The lowest BCUT2D eigenvalue weighted by atomic mass is 10.1. The maximum atomic E-state index is 11.7. The standard InChI is InChI=1S/C21H20N4O3/c26-21-17-2-1-3-19(18(17)10-22-21)28-14-16-13-25-12-15(4-5-20(25)23-16)11-24-6-8-27-9-7-24/h1-5,10,12-13H,6-9,11,14H2. The molecule has 5 rings (SSSR count). The van der Waals surface area contributed by atoms with E-state index in [1.165, 1.54) is 5.56 Å². The summed E-state index contributed by atoms with van der Waals surface area (Å²) in [4.78, 5) is 22.6. The van der Waals surface area contributed by atoms with E-state index in [0.717, 1.165) is 49.8 Å². The summed E-state index contributed by atoms with van der Waals surface area (Å²) >= 11 is 0. The number of aromatic nitrogens is 2. The molecule has 7 heteroatoms. The first kappa shape index (κ1) is 17.1. The van der Waals surface area contributed by atoms with Gasteiger partial charge in [-0.2, -0.15) is 0 Å². The van der Waals surface area contributed by atoms with Gasteiger partial charge in [-0.1, -0.05) is 12.1 Å². The van der Waals surface area contributed by atoms with Crippen molar-refractivity contribution in [3.8, 4) is 5.75 Å². The van der Waals surface area contributed by atoms with Gasteiger partial charge in [-0.25, -0.2) is 9.98 Å². The second kappa shape index (κ2) is 7.18. The molecular formula is C21H20N4O3. The maximum absolute atomic E-state index is 11.7. The summed E-state index contributed by atoms with van der Waals surface area (Å²) in [5, 5.41) is 0. The van der Waals surface area contributed by atoms with Crippen molar-refractivity contribution in [2.24, 2.45) is 4.99 Å². The van der Waals surface area contributed by atoms with Crippen LogP contribution in [0.4, 0.5) is 0 Å². The predicted octanol–water partition coefficient (Wildman–Crippen LogP) is 2.32. The molecule has 1 saturated heterocycles. The molecule has 0 spiro atoms. The second-order valence-electron chi connectivity index (χ2n) is 6.99. The highest BCUT2D eigenvalue weighted by molar-refractivity contribution is 6.14. The minimum atomic E-state index is -0.221. The number of rotatable bonds is 5. The number of carbonyl (C=O) groups is 1. The topological polar surface area (TPSA) is 68.4 Å². The van der Waals surface area contributed by atoms with E-state index < -0.39 is 0 Å². The largest absolute Gasteiger partial charge is 0.487 e. The van der Waals surface area contributed by atoms with Crippen LogP contribution < -0.4 is 4.74 Å². The number of imidazole rings is 1. The van der Waals surface area contributed by atoms with E-state index in [4.69, 9.17) is 9.47 Å². The summed E-state index contributed by atoms with van der Waals surface area (Å²) in [6.07, 6.45) is 5.67. The number of aliphatic imine (C=N–C) groups is 1. The van der Waals surface area contributed by atoms with Gasteiger partial charge in [0.2, 0.25) is 0 Å². The number of benzene rings is 1. The first-order valence-electron chi connectivity index (χ1n) is 9.37. The number of ether oxygens (including phenoxy) is 2. The van der Waals surface area contributed by atoms with Gasteiger partial charge in [0.05, 0.1) is 24.5 Å². The Morgan fingerprint density at radius 1 is 1.11 bits per heavy atom. The van der Waals surface area contributed by atoms with E-state index in [1.54, 1.807) is 12.3 Å². The molecule has 1 amide bonds. The summed E-state index contributed by atoms with van der Waals surface area (Å²) in [6, 6.07) is 9.57. The average molecular weight is 376 g/mol. The first-order chi connectivity index (χ1) is 13.8. The molecule has 4 heterocycles. The van der Waals surface area contributed by atoms with Crippen LogP contribution in [0.25, 0.3) is 5.65 Å². The fourth-order valence-corrected chi connectivity index (χ4v) is 3.60. The third kappa shape index (κ3) is 3.30. The van der Waals surface area contributed by atoms with Gasteiger partial charge in [-0.05, 0) is 23.8 Å². The predicted molar refractivity (Wildman–Crippen MR) is 104 cm³/mol. The third-order valence-corrected chi connectivity index (χ3v) is 5.06. The summed E-state index contributed by atoms with van der Waals surface area (Å²) < 4.78 is 13.4. The van der Waals surface area contributed by atoms with Gasteiger partial charge >= 0.3 is 0 Å².